The molecule has 0 aliphatic carbocycles. The summed E-state index contributed by atoms with van der Waals surface area (Å²) in [5.74, 6) is -0.350. The Bertz CT molecular complexity index is 613. The van der Waals surface area contributed by atoms with Crippen molar-refractivity contribution in [2.45, 2.75) is 13.3 Å². The molecule has 98 valence electrons. The number of aryl methyl sites for hydroxylation is 1. The third kappa shape index (κ3) is 3.12. The Morgan fingerprint density at radius 1 is 1.42 bits per heavy atom. The van der Waals surface area contributed by atoms with Crippen LogP contribution in [-0.4, -0.2) is 16.1 Å². The summed E-state index contributed by atoms with van der Waals surface area (Å²) in [6, 6.07) is 8.97. The first-order valence-corrected chi connectivity index (χ1v) is 6.55. The van der Waals surface area contributed by atoms with E-state index in [1.165, 1.54) is 12.3 Å². The summed E-state index contributed by atoms with van der Waals surface area (Å²) in [4.78, 5) is 15.2. The predicted molar refractivity (Wildman–Crippen MR) is 74.8 cm³/mol. The van der Waals surface area contributed by atoms with E-state index in [1.807, 2.05) is 25.1 Å². The first-order chi connectivity index (χ1) is 9.11. The maximum absolute atomic E-state index is 11.2. The second-order valence-corrected chi connectivity index (χ2v) is 4.79. The molecule has 4 nitrogen and oxygen atoms in total. The lowest BCUT2D eigenvalue weighted by Gasteiger charge is -2.10. The third-order valence-corrected chi connectivity index (χ3v) is 3.04. The lowest BCUT2D eigenvalue weighted by atomic mass is 10.1. The Hall–Kier alpha value is -1.88. The molecule has 0 atom stereocenters. The van der Waals surface area contributed by atoms with E-state index < -0.39 is 5.97 Å². The molecule has 1 aromatic heterocycles. The number of para-hydroxylation sites is 1. The van der Waals surface area contributed by atoms with Crippen LogP contribution >= 0.6 is 15.9 Å². The van der Waals surface area contributed by atoms with E-state index in [0.29, 0.717) is 10.2 Å². The van der Waals surface area contributed by atoms with Crippen molar-refractivity contribution in [3.63, 3.8) is 0 Å². The van der Waals surface area contributed by atoms with Crippen LogP contribution in [0.5, 0.6) is 11.6 Å². The van der Waals surface area contributed by atoms with Crippen LogP contribution in [0.3, 0.4) is 0 Å². The SMILES string of the molecule is CCc1ccccc1Oc1ncc(Br)cc1C(=O)O. The highest BCUT2D eigenvalue weighted by Crippen LogP contribution is 2.28. The molecular weight excluding hydrogens is 310 g/mol. The Labute approximate surface area is 119 Å². The lowest BCUT2D eigenvalue weighted by molar-refractivity contribution is 0.0693. The van der Waals surface area contributed by atoms with Gasteiger partial charge in [-0.15, -0.1) is 0 Å². The van der Waals surface area contributed by atoms with Crippen molar-refractivity contribution in [3.05, 3.63) is 52.1 Å². The molecule has 0 saturated heterocycles. The first-order valence-electron chi connectivity index (χ1n) is 5.76. The standard InChI is InChI=1S/C14H12BrNO3/c1-2-9-5-3-4-6-12(9)19-13-11(14(17)18)7-10(15)8-16-13/h3-8H,2H2,1H3,(H,17,18). The van der Waals surface area contributed by atoms with Gasteiger partial charge in [0.25, 0.3) is 0 Å². The second-order valence-electron chi connectivity index (χ2n) is 3.87. The normalized spacial score (nSPS) is 10.2. The molecule has 2 aromatic rings. The molecule has 0 bridgehead atoms. The van der Waals surface area contributed by atoms with Gasteiger partial charge in [-0.1, -0.05) is 25.1 Å². The van der Waals surface area contributed by atoms with Gasteiger partial charge in [0.1, 0.15) is 11.3 Å². The maximum atomic E-state index is 11.2. The van der Waals surface area contributed by atoms with Gasteiger partial charge in [-0.3, -0.25) is 0 Å². The minimum atomic E-state index is -1.07. The monoisotopic (exact) mass is 321 g/mol. The fraction of sp³-hybridized carbons (Fsp3) is 0.143. The number of ether oxygens (including phenoxy) is 1. The molecule has 0 amide bonds. The van der Waals surface area contributed by atoms with Gasteiger partial charge in [-0.2, -0.15) is 0 Å². The molecular formula is C14H12BrNO3. The number of carboxylic acid groups (broad SMARTS) is 1. The number of aromatic nitrogens is 1. The lowest BCUT2D eigenvalue weighted by Crippen LogP contribution is -2.03. The average Bonchev–Trinajstić information content (AvgIpc) is 2.41. The Kier molecular flexibility index (Phi) is 4.16. The summed E-state index contributed by atoms with van der Waals surface area (Å²) in [7, 11) is 0. The molecule has 0 saturated carbocycles. The van der Waals surface area contributed by atoms with Crippen molar-refractivity contribution in [2.24, 2.45) is 0 Å². The summed E-state index contributed by atoms with van der Waals surface area (Å²) in [5.41, 5.74) is 1.03. The molecule has 1 N–H and O–H groups in total. The highest BCUT2D eigenvalue weighted by molar-refractivity contribution is 9.10. The molecule has 0 fully saturated rings. The zero-order valence-corrected chi connectivity index (χ0v) is 11.8. The highest BCUT2D eigenvalue weighted by atomic mass is 79.9. The molecule has 5 heteroatoms. The molecule has 2 rings (SSSR count). The number of carboxylic acids is 1. The van der Waals surface area contributed by atoms with E-state index in [1.54, 1.807) is 6.07 Å². The van der Waals surface area contributed by atoms with E-state index in [4.69, 9.17) is 9.84 Å². The zero-order valence-electron chi connectivity index (χ0n) is 10.3. The van der Waals surface area contributed by atoms with Crippen LogP contribution < -0.4 is 4.74 Å². The number of halogens is 1. The minimum Gasteiger partial charge on any atom is -0.477 e. The van der Waals surface area contributed by atoms with Gasteiger partial charge in [0, 0.05) is 10.7 Å². The summed E-state index contributed by atoms with van der Waals surface area (Å²) < 4.78 is 6.23. The topological polar surface area (TPSA) is 59.4 Å². The van der Waals surface area contributed by atoms with Crippen LogP contribution in [0.4, 0.5) is 0 Å². The number of aromatic carboxylic acids is 1. The zero-order chi connectivity index (χ0) is 13.8. The van der Waals surface area contributed by atoms with Gasteiger partial charge in [0.2, 0.25) is 5.88 Å². The van der Waals surface area contributed by atoms with Crippen molar-refractivity contribution >= 4 is 21.9 Å². The highest BCUT2D eigenvalue weighted by Gasteiger charge is 2.15. The Balaban J connectivity index is 2.41. The molecule has 0 aliphatic rings. The number of benzene rings is 1. The summed E-state index contributed by atoms with van der Waals surface area (Å²) in [6.07, 6.45) is 2.31. The number of nitrogens with zero attached hydrogens (tertiary/aromatic N) is 1. The van der Waals surface area contributed by atoms with Gasteiger partial charge in [-0.05, 0) is 40.0 Å². The summed E-state index contributed by atoms with van der Waals surface area (Å²) >= 11 is 3.20. The van der Waals surface area contributed by atoms with E-state index in [0.717, 1.165) is 12.0 Å². The molecule has 0 unspecified atom stereocenters. The van der Waals surface area contributed by atoms with Gasteiger partial charge in [0.15, 0.2) is 0 Å². The average molecular weight is 322 g/mol. The largest absolute Gasteiger partial charge is 0.477 e. The fourth-order valence-electron chi connectivity index (χ4n) is 1.66. The van der Waals surface area contributed by atoms with Crippen molar-refractivity contribution in [3.8, 4) is 11.6 Å². The van der Waals surface area contributed by atoms with Gasteiger partial charge >= 0.3 is 5.97 Å². The van der Waals surface area contributed by atoms with Gasteiger partial charge in [-0.25, -0.2) is 9.78 Å². The number of hydrogen-bond acceptors (Lipinski definition) is 3. The molecule has 0 aliphatic heterocycles. The van der Waals surface area contributed by atoms with E-state index in [9.17, 15) is 4.79 Å². The van der Waals surface area contributed by atoms with Crippen molar-refractivity contribution in [1.82, 2.24) is 4.98 Å². The van der Waals surface area contributed by atoms with E-state index in [-0.39, 0.29) is 11.4 Å². The maximum Gasteiger partial charge on any atom is 0.341 e. The van der Waals surface area contributed by atoms with Crippen molar-refractivity contribution in [2.75, 3.05) is 0 Å². The van der Waals surface area contributed by atoms with Gasteiger partial charge < -0.3 is 9.84 Å². The third-order valence-electron chi connectivity index (χ3n) is 2.61. The van der Waals surface area contributed by atoms with Crippen LogP contribution in [0.1, 0.15) is 22.8 Å². The van der Waals surface area contributed by atoms with Crippen molar-refractivity contribution in [1.29, 1.82) is 0 Å². The molecule has 19 heavy (non-hydrogen) atoms. The van der Waals surface area contributed by atoms with Crippen LogP contribution in [0.15, 0.2) is 41.0 Å². The minimum absolute atomic E-state index is 0.0280. The number of rotatable bonds is 4. The smallest absolute Gasteiger partial charge is 0.341 e. The fourth-order valence-corrected chi connectivity index (χ4v) is 1.99. The number of hydrogen-bond donors (Lipinski definition) is 1. The molecule has 0 radical (unpaired) electrons. The van der Waals surface area contributed by atoms with Crippen molar-refractivity contribution < 1.29 is 14.6 Å². The molecule has 1 aromatic carbocycles. The van der Waals surface area contributed by atoms with Crippen LogP contribution in [0.25, 0.3) is 0 Å². The first kappa shape index (κ1) is 13.5. The summed E-state index contributed by atoms with van der Waals surface area (Å²) in [6.45, 7) is 2.01. The van der Waals surface area contributed by atoms with Crippen LogP contribution in [-0.2, 0) is 6.42 Å². The number of pyridine rings is 1. The Morgan fingerprint density at radius 2 is 2.16 bits per heavy atom. The molecule has 0 spiro atoms. The number of carbonyl (C=O) groups is 1. The second kappa shape index (κ2) is 5.84. The van der Waals surface area contributed by atoms with Crippen LogP contribution in [0.2, 0.25) is 0 Å². The van der Waals surface area contributed by atoms with Crippen LogP contribution in [0, 0.1) is 0 Å². The van der Waals surface area contributed by atoms with E-state index in [2.05, 4.69) is 20.9 Å². The Morgan fingerprint density at radius 3 is 2.84 bits per heavy atom. The molecule has 1 heterocycles. The van der Waals surface area contributed by atoms with Gasteiger partial charge in [0.05, 0.1) is 0 Å². The van der Waals surface area contributed by atoms with E-state index >= 15 is 0 Å². The quantitative estimate of drug-likeness (QED) is 0.927. The summed E-state index contributed by atoms with van der Waals surface area (Å²) in [5, 5.41) is 9.15. The predicted octanol–water partition coefficient (Wildman–Crippen LogP) is 3.90.